The van der Waals surface area contributed by atoms with Crippen LogP contribution in [0.2, 0.25) is 8.86 Å². The zero-order valence-electron chi connectivity index (χ0n) is 3.41. The van der Waals surface area contributed by atoms with E-state index in [-0.39, 0.29) is 22.9 Å². The van der Waals surface area contributed by atoms with Gasteiger partial charge in [0.2, 0.25) is 0 Å². The molecule has 0 saturated carbocycles. The van der Waals surface area contributed by atoms with Gasteiger partial charge in [-0.25, -0.2) is 0 Å². The van der Waals surface area contributed by atoms with Crippen LogP contribution in [0.3, 0.4) is 0 Å². The molecule has 0 aliphatic heterocycles. The van der Waals surface area contributed by atoms with Gasteiger partial charge < -0.3 is 0 Å². The van der Waals surface area contributed by atoms with Crippen molar-refractivity contribution in [1.82, 2.24) is 0 Å². The van der Waals surface area contributed by atoms with Crippen LogP contribution in [0.5, 0.6) is 0 Å². The SMILES string of the molecule is C[CH2][InH][CH3]. The monoisotopic (exact) mass is 160 g/mol. The van der Waals surface area contributed by atoms with Crippen LogP contribution in [-0.4, -0.2) is 22.9 Å². The molecule has 0 rings (SSSR count). The Hall–Kier alpha value is 0.870. The van der Waals surface area contributed by atoms with Crippen LogP contribution in [0.4, 0.5) is 0 Å². The Kier molecular flexibility index (Phi) is 4.71. The van der Waals surface area contributed by atoms with Gasteiger partial charge in [-0.2, -0.15) is 0 Å². The Morgan fingerprint density at radius 3 is 2.00 bits per heavy atom. The van der Waals surface area contributed by atoms with Crippen molar-refractivity contribution in [2.24, 2.45) is 0 Å². The maximum atomic E-state index is 2.39. The zero-order chi connectivity index (χ0) is 3.41. The summed E-state index contributed by atoms with van der Waals surface area (Å²) in [6.07, 6.45) is 0. The van der Waals surface area contributed by atoms with Crippen LogP contribution >= 0.6 is 0 Å². The van der Waals surface area contributed by atoms with E-state index in [0.717, 1.165) is 0 Å². The Labute approximate surface area is 39.0 Å². The van der Waals surface area contributed by atoms with Gasteiger partial charge in [-0.3, -0.25) is 0 Å². The maximum absolute atomic E-state index is 2.39. The standard InChI is InChI=1S/C2H5.CH3.In.H/c1-2;;;/h1H2,2H3;1H3;;. The number of hydrogen-bond acceptors (Lipinski definition) is 0. The topological polar surface area (TPSA) is 0 Å². The van der Waals surface area contributed by atoms with Crippen molar-refractivity contribution in [3.63, 3.8) is 0 Å². The summed E-state index contributed by atoms with van der Waals surface area (Å²) >= 11 is -0.0339. The molecular formula is C3H9In. The molecule has 0 fully saturated rings. The summed E-state index contributed by atoms with van der Waals surface area (Å²) < 4.78 is 3.92. The van der Waals surface area contributed by atoms with E-state index in [1.165, 1.54) is 4.18 Å². The average molecular weight is 160 g/mol. The molecule has 24 valence electrons. The molecule has 0 atom stereocenters. The number of hydrogen-bond donors (Lipinski definition) is 0. The fourth-order valence-electron chi connectivity index (χ4n) is 0. The van der Waals surface area contributed by atoms with Crippen LogP contribution in [-0.2, 0) is 0 Å². The van der Waals surface area contributed by atoms with Crippen LogP contribution in [0, 0.1) is 0 Å². The van der Waals surface area contributed by atoms with Crippen molar-refractivity contribution in [2.45, 2.75) is 15.8 Å². The molecule has 0 unspecified atom stereocenters. The van der Waals surface area contributed by atoms with E-state index in [2.05, 4.69) is 11.6 Å². The summed E-state index contributed by atoms with van der Waals surface area (Å²) in [5.41, 5.74) is 0. The van der Waals surface area contributed by atoms with Gasteiger partial charge >= 0.3 is 38.7 Å². The van der Waals surface area contributed by atoms with Gasteiger partial charge in [0, 0.05) is 0 Å². The van der Waals surface area contributed by atoms with Crippen molar-refractivity contribution in [3.05, 3.63) is 0 Å². The van der Waals surface area contributed by atoms with Gasteiger partial charge in [0.25, 0.3) is 0 Å². The number of rotatable bonds is 1. The molecule has 0 aliphatic carbocycles. The van der Waals surface area contributed by atoms with E-state index in [0.29, 0.717) is 0 Å². The Bertz CT molecular complexity index is 5.25. The van der Waals surface area contributed by atoms with Crippen molar-refractivity contribution >= 4 is 22.9 Å². The molecule has 4 heavy (non-hydrogen) atoms. The van der Waals surface area contributed by atoms with E-state index < -0.39 is 0 Å². The fraction of sp³-hybridized carbons (Fsp3) is 1.00. The zero-order valence-corrected chi connectivity index (χ0v) is 7.45. The van der Waals surface area contributed by atoms with E-state index in [4.69, 9.17) is 0 Å². The van der Waals surface area contributed by atoms with Gasteiger partial charge in [0.1, 0.15) is 0 Å². The predicted octanol–water partition coefficient (Wildman–Crippen LogP) is 0.909. The molecule has 0 aliphatic rings. The molecule has 0 aromatic rings. The van der Waals surface area contributed by atoms with E-state index in [9.17, 15) is 0 Å². The normalized spacial score (nSPS) is 6.50. The fourth-order valence-corrected chi connectivity index (χ4v) is 0. The molecule has 0 aromatic heterocycles. The molecule has 0 radical (unpaired) electrons. The summed E-state index contributed by atoms with van der Waals surface area (Å²) in [4.78, 5) is 0. The molecule has 0 amide bonds. The summed E-state index contributed by atoms with van der Waals surface area (Å²) in [7, 11) is 0. The summed E-state index contributed by atoms with van der Waals surface area (Å²) in [5, 5.41) is 0. The molecule has 0 heterocycles. The second-order valence-corrected chi connectivity index (χ2v) is 6.71. The molecule has 0 bridgehead atoms. The van der Waals surface area contributed by atoms with Crippen molar-refractivity contribution in [1.29, 1.82) is 0 Å². The quantitative estimate of drug-likeness (QED) is 0.534. The van der Waals surface area contributed by atoms with E-state index in [1.54, 1.807) is 0 Å². The van der Waals surface area contributed by atoms with Crippen LogP contribution < -0.4 is 0 Å². The molecular weight excluding hydrogens is 151 g/mol. The molecule has 1 heteroatoms. The Balaban J connectivity index is 1.97. The second-order valence-electron chi connectivity index (χ2n) is 1.000. The first-order valence-electron chi connectivity index (χ1n) is 1.91. The van der Waals surface area contributed by atoms with Crippen LogP contribution in [0.25, 0.3) is 0 Å². The summed E-state index contributed by atoms with van der Waals surface area (Å²) in [6.45, 7) is 2.27. The third kappa shape index (κ3) is 2.87. The minimum absolute atomic E-state index is 0.0339. The predicted molar refractivity (Wildman–Crippen MR) is 23.5 cm³/mol. The molecule has 0 saturated heterocycles. The average Bonchev–Trinajstić information content (AvgIpc) is 1.37. The van der Waals surface area contributed by atoms with Crippen molar-refractivity contribution in [2.75, 3.05) is 0 Å². The minimum atomic E-state index is -0.0339. The third-order valence-corrected chi connectivity index (χ3v) is 3.35. The van der Waals surface area contributed by atoms with E-state index >= 15 is 0 Å². The molecule has 0 N–H and O–H groups in total. The third-order valence-electron chi connectivity index (χ3n) is 0.500. The second kappa shape index (κ2) is 3.87. The van der Waals surface area contributed by atoms with Crippen LogP contribution in [0.1, 0.15) is 6.92 Å². The molecule has 0 nitrogen and oxygen atoms in total. The molecule has 0 spiro atoms. The first-order valence-corrected chi connectivity index (χ1v) is 8.80. The van der Waals surface area contributed by atoms with Crippen molar-refractivity contribution < 1.29 is 0 Å². The Morgan fingerprint density at radius 1 is 1.75 bits per heavy atom. The first-order chi connectivity index (χ1) is 1.91. The van der Waals surface area contributed by atoms with Gasteiger partial charge in [-0.05, 0) is 0 Å². The van der Waals surface area contributed by atoms with Crippen LogP contribution in [0.15, 0.2) is 0 Å². The van der Waals surface area contributed by atoms with E-state index in [1.807, 2.05) is 0 Å². The summed E-state index contributed by atoms with van der Waals surface area (Å²) in [6, 6.07) is 0. The Morgan fingerprint density at radius 2 is 2.00 bits per heavy atom. The van der Waals surface area contributed by atoms with Gasteiger partial charge in [-0.1, -0.05) is 0 Å². The summed E-state index contributed by atoms with van der Waals surface area (Å²) in [5.74, 6) is 0. The molecule has 0 aromatic carbocycles. The van der Waals surface area contributed by atoms with Gasteiger partial charge in [0.05, 0.1) is 0 Å². The van der Waals surface area contributed by atoms with Crippen molar-refractivity contribution in [3.8, 4) is 0 Å². The first kappa shape index (κ1) is 4.87. The van der Waals surface area contributed by atoms with Gasteiger partial charge in [-0.15, -0.1) is 0 Å². The van der Waals surface area contributed by atoms with Gasteiger partial charge in [0.15, 0.2) is 0 Å².